The summed E-state index contributed by atoms with van der Waals surface area (Å²) >= 11 is 12.6. The standard InChI is InChI=1S/C27H20Cl2N2O5/c28-18-7-6-17-15-35-23-9-8-19(29)13-21(23)24(20(17)12-18)30-31-11-10-22(32)26(25(31)27(33)34)36-14-16-4-2-1-3-5-16/h1-13,24,30H,14-15H2,(H,33,34). The third-order valence-electron chi connectivity index (χ3n) is 5.84. The molecule has 0 aliphatic carbocycles. The third kappa shape index (κ3) is 4.76. The van der Waals surface area contributed by atoms with Crippen molar-refractivity contribution in [1.29, 1.82) is 0 Å². The molecule has 7 nitrogen and oxygen atoms in total. The van der Waals surface area contributed by atoms with Crippen molar-refractivity contribution in [2.24, 2.45) is 0 Å². The normalized spacial score (nSPS) is 14.1. The molecule has 0 saturated heterocycles. The maximum atomic E-state index is 12.7. The summed E-state index contributed by atoms with van der Waals surface area (Å²) in [5, 5.41) is 11.1. The lowest BCUT2D eigenvalue weighted by Gasteiger charge is -2.25. The Morgan fingerprint density at radius 2 is 1.75 bits per heavy atom. The van der Waals surface area contributed by atoms with Gasteiger partial charge in [0.2, 0.25) is 5.43 Å². The Kier molecular flexibility index (Phi) is 6.59. The van der Waals surface area contributed by atoms with Crippen LogP contribution in [0.15, 0.2) is 83.8 Å². The largest absolute Gasteiger partial charge is 0.489 e. The highest BCUT2D eigenvalue weighted by molar-refractivity contribution is 6.31. The molecule has 1 aliphatic heterocycles. The monoisotopic (exact) mass is 522 g/mol. The van der Waals surface area contributed by atoms with Crippen LogP contribution < -0.4 is 20.3 Å². The SMILES string of the molecule is O=C(O)c1c(OCc2ccccc2)c(=O)ccn1NC1c2cc(Cl)ccc2COc2ccc(Cl)cc21. The number of benzene rings is 3. The maximum Gasteiger partial charge on any atom is 0.358 e. The number of hydrogen-bond acceptors (Lipinski definition) is 5. The van der Waals surface area contributed by atoms with Crippen LogP contribution in [-0.4, -0.2) is 15.8 Å². The van der Waals surface area contributed by atoms with Crippen molar-refractivity contribution in [3.63, 3.8) is 0 Å². The number of fused-ring (bicyclic) bond motifs is 2. The molecule has 1 aliphatic rings. The topological polar surface area (TPSA) is 89.8 Å². The molecule has 182 valence electrons. The lowest BCUT2D eigenvalue weighted by atomic mass is 9.95. The second-order valence-corrected chi connectivity index (χ2v) is 9.06. The van der Waals surface area contributed by atoms with Crippen LogP contribution in [-0.2, 0) is 13.2 Å². The summed E-state index contributed by atoms with van der Waals surface area (Å²) in [6, 6.07) is 20.5. The number of carboxylic acids is 1. The minimum absolute atomic E-state index is 0.0362. The first-order valence-corrected chi connectivity index (χ1v) is 11.8. The summed E-state index contributed by atoms with van der Waals surface area (Å²) < 4.78 is 13.0. The number of carbonyl (C=O) groups is 1. The highest BCUT2D eigenvalue weighted by atomic mass is 35.5. The Morgan fingerprint density at radius 3 is 2.50 bits per heavy atom. The molecule has 3 aromatic carbocycles. The molecule has 1 aromatic heterocycles. The molecule has 5 rings (SSSR count). The summed E-state index contributed by atoms with van der Waals surface area (Å²) in [6.07, 6.45) is 1.36. The minimum Gasteiger partial charge on any atom is -0.489 e. The highest BCUT2D eigenvalue weighted by Crippen LogP contribution is 2.39. The van der Waals surface area contributed by atoms with Crippen molar-refractivity contribution >= 4 is 29.2 Å². The van der Waals surface area contributed by atoms with E-state index in [2.05, 4.69) is 5.43 Å². The molecule has 2 N–H and O–H groups in total. The number of carboxylic acid groups (broad SMARTS) is 1. The fraction of sp³-hybridized carbons (Fsp3) is 0.111. The van der Waals surface area contributed by atoms with E-state index in [1.165, 1.54) is 16.9 Å². The average Bonchev–Trinajstić information content (AvgIpc) is 3.01. The number of ether oxygens (including phenoxy) is 2. The molecular weight excluding hydrogens is 503 g/mol. The van der Waals surface area contributed by atoms with Gasteiger partial charge in [0.15, 0.2) is 11.4 Å². The molecule has 2 heterocycles. The lowest BCUT2D eigenvalue weighted by Crippen LogP contribution is -2.29. The second-order valence-electron chi connectivity index (χ2n) is 8.18. The summed E-state index contributed by atoms with van der Waals surface area (Å²) in [4.78, 5) is 25.0. The predicted octanol–water partition coefficient (Wildman–Crippen LogP) is 5.66. The van der Waals surface area contributed by atoms with Gasteiger partial charge in [-0.05, 0) is 47.0 Å². The number of hydrogen-bond donors (Lipinski definition) is 2. The van der Waals surface area contributed by atoms with E-state index in [-0.39, 0.29) is 18.1 Å². The Bertz CT molecular complexity index is 1450. The summed E-state index contributed by atoms with van der Waals surface area (Å²) in [5.74, 6) is -1.02. The molecule has 4 aromatic rings. The van der Waals surface area contributed by atoms with Crippen LogP contribution in [0.25, 0.3) is 0 Å². The number of aromatic carboxylic acids is 1. The molecule has 0 amide bonds. The number of aromatic nitrogens is 1. The Balaban J connectivity index is 1.61. The van der Waals surface area contributed by atoms with E-state index in [0.717, 1.165) is 16.7 Å². The fourth-order valence-electron chi connectivity index (χ4n) is 4.14. The van der Waals surface area contributed by atoms with Crippen molar-refractivity contribution in [3.05, 3.63) is 127 Å². The van der Waals surface area contributed by atoms with E-state index in [9.17, 15) is 14.7 Å². The summed E-state index contributed by atoms with van der Waals surface area (Å²) in [7, 11) is 0. The van der Waals surface area contributed by atoms with Gasteiger partial charge in [0, 0.05) is 27.9 Å². The van der Waals surface area contributed by atoms with Crippen molar-refractivity contribution in [3.8, 4) is 11.5 Å². The van der Waals surface area contributed by atoms with Gasteiger partial charge in [-0.3, -0.25) is 9.47 Å². The van der Waals surface area contributed by atoms with Gasteiger partial charge in [0.25, 0.3) is 0 Å². The van der Waals surface area contributed by atoms with Gasteiger partial charge in [-0.2, -0.15) is 0 Å². The van der Waals surface area contributed by atoms with Crippen LogP contribution in [0.2, 0.25) is 10.0 Å². The van der Waals surface area contributed by atoms with Gasteiger partial charge in [-0.25, -0.2) is 4.79 Å². The van der Waals surface area contributed by atoms with E-state index in [1.54, 1.807) is 30.3 Å². The Hall–Kier alpha value is -3.94. The van der Waals surface area contributed by atoms with Crippen molar-refractivity contribution in [2.45, 2.75) is 19.3 Å². The molecule has 9 heteroatoms. The van der Waals surface area contributed by atoms with Crippen LogP contribution >= 0.6 is 23.2 Å². The van der Waals surface area contributed by atoms with Crippen molar-refractivity contribution in [2.75, 3.05) is 5.43 Å². The van der Waals surface area contributed by atoms with Crippen LogP contribution in [0, 0.1) is 0 Å². The van der Waals surface area contributed by atoms with Gasteiger partial charge in [0.1, 0.15) is 19.0 Å². The van der Waals surface area contributed by atoms with E-state index < -0.39 is 17.4 Å². The van der Waals surface area contributed by atoms with Crippen molar-refractivity contribution in [1.82, 2.24) is 4.68 Å². The lowest BCUT2D eigenvalue weighted by molar-refractivity contribution is 0.0679. The summed E-state index contributed by atoms with van der Waals surface area (Å²) in [6.45, 7) is 0.329. The second kappa shape index (κ2) is 9.97. The molecule has 0 radical (unpaired) electrons. The fourth-order valence-corrected chi connectivity index (χ4v) is 4.50. The number of nitrogens with zero attached hydrogens (tertiary/aromatic N) is 1. The zero-order chi connectivity index (χ0) is 25.2. The maximum absolute atomic E-state index is 12.7. The number of pyridine rings is 1. The molecule has 0 spiro atoms. The number of nitrogens with one attached hydrogen (secondary N) is 1. The zero-order valence-electron chi connectivity index (χ0n) is 18.8. The molecule has 1 unspecified atom stereocenters. The Labute approximate surface area is 216 Å². The number of rotatable bonds is 6. The first kappa shape index (κ1) is 23.8. The Morgan fingerprint density at radius 1 is 1.03 bits per heavy atom. The quantitative estimate of drug-likeness (QED) is 0.339. The molecule has 36 heavy (non-hydrogen) atoms. The minimum atomic E-state index is -1.33. The first-order chi connectivity index (χ1) is 17.4. The van der Waals surface area contributed by atoms with Gasteiger partial charge >= 0.3 is 5.97 Å². The van der Waals surface area contributed by atoms with Crippen LogP contribution in [0.5, 0.6) is 11.5 Å². The van der Waals surface area contributed by atoms with Gasteiger partial charge in [-0.15, -0.1) is 0 Å². The molecular formula is C27H20Cl2N2O5. The van der Waals surface area contributed by atoms with E-state index in [0.29, 0.717) is 28.0 Å². The zero-order valence-corrected chi connectivity index (χ0v) is 20.3. The summed E-state index contributed by atoms with van der Waals surface area (Å²) in [5.41, 5.74) is 5.47. The van der Waals surface area contributed by atoms with Crippen LogP contribution in [0.4, 0.5) is 0 Å². The van der Waals surface area contributed by atoms with Gasteiger partial charge in [-0.1, -0.05) is 59.6 Å². The van der Waals surface area contributed by atoms with Crippen LogP contribution in [0.1, 0.15) is 38.8 Å². The molecule has 0 saturated carbocycles. The van der Waals surface area contributed by atoms with Crippen LogP contribution in [0.3, 0.4) is 0 Å². The molecule has 0 bridgehead atoms. The van der Waals surface area contributed by atoms with Crippen molar-refractivity contribution < 1.29 is 19.4 Å². The molecule has 0 fully saturated rings. The third-order valence-corrected chi connectivity index (χ3v) is 6.31. The highest BCUT2D eigenvalue weighted by Gasteiger charge is 2.28. The molecule has 1 atom stereocenters. The van der Waals surface area contributed by atoms with E-state index in [4.69, 9.17) is 32.7 Å². The average molecular weight is 523 g/mol. The van der Waals surface area contributed by atoms with E-state index in [1.807, 2.05) is 36.4 Å². The number of halogens is 2. The van der Waals surface area contributed by atoms with Gasteiger partial charge < -0.3 is 20.0 Å². The smallest absolute Gasteiger partial charge is 0.358 e. The first-order valence-electron chi connectivity index (χ1n) is 11.0. The predicted molar refractivity (Wildman–Crippen MR) is 137 cm³/mol. The van der Waals surface area contributed by atoms with E-state index >= 15 is 0 Å². The van der Waals surface area contributed by atoms with Gasteiger partial charge in [0.05, 0.1) is 6.04 Å².